The topological polar surface area (TPSA) is 78.4 Å². The Hall–Kier alpha value is -1.40. The number of amides is 2. The largest absolute Gasteiger partial charge is 0.396 e. The molecule has 0 aromatic carbocycles. The van der Waals surface area contributed by atoms with Crippen LogP contribution in [0.1, 0.15) is 43.3 Å². The van der Waals surface area contributed by atoms with Gasteiger partial charge in [0.05, 0.1) is 9.88 Å². The second kappa shape index (κ2) is 7.40. The van der Waals surface area contributed by atoms with Crippen LogP contribution in [-0.4, -0.2) is 30.1 Å². The summed E-state index contributed by atoms with van der Waals surface area (Å²) in [6.07, 6.45) is 1.58. The summed E-state index contributed by atoms with van der Waals surface area (Å²) >= 11 is 1.25. The molecule has 0 saturated heterocycles. The van der Waals surface area contributed by atoms with E-state index in [4.69, 9.17) is 5.11 Å². The van der Waals surface area contributed by atoms with Gasteiger partial charge < -0.3 is 15.7 Å². The van der Waals surface area contributed by atoms with Gasteiger partial charge in [0.15, 0.2) is 0 Å². The molecule has 20 heavy (non-hydrogen) atoms. The van der Waals surface area contributed by atoms with Crippen LogP contribution in [0, 0.1) is 5.41 Å². The molecule has 0 aliphatic heterocycles. The average molecular weight is 298 g/mol. The van der Waals surface area contributed by atoms with Crippen molar-refractivity contribution in [1.29, 1.82) is 0 Å². The third kappa shape index (κ3) is 5.71. The number of hydrogen-bond donors (Lipinski definition) is 3. The molecule has 0 fully saturated rings. The van der Waals surface area contributed by atoms with Crippen LogP contribution in [0.2, 0.25) is 0 Å². The summed E-state index contributed by atoms with van der Waals surface area (Å²) in [5.41, 5.74) is -0.0455. The molecule has 0 aliphatic rings. The molecule has 0 spiro atoms. The minimum Gasteiger partial charge on any atom is -0.396 e. The normalized spacial score (nSPS) is 11.2. The number of carbonyl (C=O) groups is 2. The standard InChI is InChI=1S/C14H22N2O3S/c1-10(18)16-12-6-5-11(20-12)13(19)15-9-14(2,3)7-4-8-17/h5-6,17H,4,7-9H2,1-3H3,(H,15,19)(H,16,18). The Kier molecular flexibility index (Phi) is 6.16. The van der Waals surface area contributed by atoms with Crippen molar-refractivity contribution >= 4 is 28.2 Å². The van der Waals surface area contributed by atoms with Crippen LogP contribution in [0.4, 0.5) is 5.00 Å². The summed E-state index contributed by atoms with van der Waals surface area (Å²) in [7, 11) is 0. The maximum Gasteiger partial charge on any atom is 0.261 e. The minimum absolute atomic E-state index is 0.0455. The second-order valence-corrected chi connectivity index (χ2v) is 6.60. The van der Waals surface area contributed by atoms with E-state index in [0.29, 0.717) is 16.4 Å². The van der Waals surface area contributed by atoms with E-state index in [1.54, 1.807) is 12.1 Å². The third-order valence-corrected chi connectivity index (χ3v) is 3.87. The SMILES string of the molecule is CC(=O)Nc1ccc(C(=O)NCC(C)(C)CCCO)s1. The summed E-state index contributed by atoms with van der Waals surface area (Å²) in [6, 6.07) is 3.42. The van der Waals surface area contributed by atoms with Gasteiger partial charge in [0.2, 0.25) is 5.91 Å². The summed E-state index contributed by atoms with van der Waals surface area (Å²) in [4.78, 5) is 23.5. The van der Waals surface area contributed by atoms with Crippen molar-refractivity contribution in [3.8, 4) is 0 Å². The first-order chi connectivity index (χ1) is 9.34. The number of anilines is 1. The van der Waals surface area contributed by atoms with Crippen molar-refractivity contribution in [1.82, 2.24) is 5.32 Å². The summed E-state index contributed by atoms with van der Waals surface area (Å²) in [5, 5.41) is 15.1. The predicted octanol–water partition coefficient (Wildman–Crippen LogP) is 2.24. The maximum absolute atomic E-state index is 12.0. The van der Waals surface area contributed by atoms with Crippen LogP contribution in [0.25, 0.3) is 0 Å². The van der Waals surface area contributed by atoms with Crippen LogP contribution in [0.15, 0.2) is 12.1 Å². The first-order valence-electron chi connectivity index (χ1n) is 6.60. The number of hydrogen-bond acceptors (Lipinski definition) is 4. The Labute approximate surface area is 123 Å². The molecule has 6 heteroatoms. The zero-order chi connectivity index (χ0) is 15.2. The summed E-state index contributed by atoms with van der Waals surface area (Å²) < 4.78 is 0. The number of nitrogens with one attached hydrogen (secondary N) is 2. The lowest BCUT2D eigenvalue weighted by atomic mass is 9.88. The fraction of sp³-hybridized carbons (Fsp3) is 0.571. The molecule has 0 unspecified atom stereocenters. The molecule has 0 bridgehead atoms. The van der Waals surface area contributed by atoms with E-state index < -0.39 is 0 Å². The van der Waals surface area contributed by atoms with E-state index in [0.717, 1.165) is 12.8 Å². The van der Waals surface area contributed by atoms with Crippen LogP contribution in [0.5, 0.6) is 0 Å². The van der Waals surface area contributed by atoms with Gasteiger partial charge in [-0.05, 0) is 30.4 Å². The van der Waals surface area contributed by atoms with Crippen LogP contribution < -0.4 is 10.6 Å². The van der Waals surface area contributed by atoms with Crippen molar-refractivity contribution in [3.63, 3.8) is 0 Å². The molecule has 5 nitrogen and oxygen atoms in total. The summed E-state index contributed by atoms with van der Waals surface area (Å²) in [5.74, 6) is -0.285. The number of aliphatic hydroxyl groups excluding tert-OH is 1. The first-order valence-corrected chi connectivity index (χ1v) is 7.42. The van der Waals surface area contributed by atoms with E-state index >= 15 is 0 Å². The third-order valence-electron chi connectivity index (χ3n) is 2.87. The van der Waals surface area contributed by atoms with Gasteiger partial charge in [-0.3, -0.25) is 9.59 Å². The molecule has 1 aromatic heterocycles. The van der Waals surface area contributed by atoms with Gasteiger partial charge in [0.25, 0.3) is 5.91 Å². The number of carbonyl (C=O) groups excluding carboxylic acids is 2. The van der Waals surface area contributed by atoms with E-state index in [9.17, 15) is 9.59 Å². The van der Waals surface area contributed by atoms with Gasteiger partial charge in [-0.25, -0.2) is 0 Å². The van der Waals surface area contributed by atoms with Gasteiger partial charge in [-0.1, -0.05) is 13.8 Å². The highest BCUT2D eigenvalue weighted by atomic mass is 32.1. The zero-order valence-electron chi connectivity index (χ0n) is 12.2. The Morgan fingerprint density at radius 3 is 2.65 bits per heavy atom. The van der Waals surface area contributed by atoms with Crippen molar-refractivity contribution in [2.24, 2.45) is 5.41 Å². The lowest BCUT2D eigenvalue weighted by Gasteiger charge is -2.24. The molecule has 2 amide bonds. The molecule has 0 radical (unpaired) electrons. The van der Waals surface area contributed by atoms with Crippen molar-refractivity contribution in [2.45, 2.75) is 33.6 Å². The highest BCUT2D eigenvalue weighted by molar-refractivity contribution is 7.18. The fourth-order valence-electron chi connectivity index (χ4n) is 1.75. The summed E-state index contributed by atoms with van der Waals surface area (Å²) in [6.45, 7) is 6.27. The van der Waals surface area contributed by atoms with Crippen LogP contribution in [-0.2, 0) is 4.79 Å². The maximum atomic E-state index is 12.0. The van der Waals surface area contributed by atoms with Gasteiger partial charge in [0, 0.05) is 20.1 Å². The molecule has 0 aliphatic carbocycles. The molecule has 0 saturated carbocycles. The Bertz CT molecular complexity index is 469. The lowest BCUT2D eigenvalue weighted by molar-refractivity contribution is -0.114. The van der Waals surface area contributed by atoms with Gasteiger partial charge in [-0.2, -0.15) is 0 Å². The number of rotatable bonds is 7. The van der Waals surface area contributed by atoms with Gasteiger partial charge >= 0.3 is 0 Å². The number of thiophene rings is 1. The second-order valence-electron chi connectivity index (χ2n) is 5.52. The zero-order valence-corrected chi connectivity index (χ0v) is 13.0. The van der Waals surface area contributed by atoms with Crippen molar-refractivity contribution in [3.05, 3.63) is 17.0 Å². The molecular formula is C14H22N2O3S. The molecule has 0 atom stereocenters. The first kappa shape index (κ1) is 16.7. The monoisotopic (exact) mass is 298 g/mol. The van der Waals surface area contributed by atoms with Crippen molar-refractivity contribution < 1.29 is 14.7 Å². The molecule has 1 heterocycles. The van der Waals surface area contributed by atoms with Gasteiger partial charge in [-0.15, -0.1) is 11.3 Å². The quantitative estimate of drug-likeness (QED) is 0.722. The molecule has 112 valence electrons. The van der Waals surface area contributed by atoms with E-state index in [-0.39, 0.29) is 23.8 Å². The smallest absolute Gasteiger partial charge is 0.261 e. The molecule has 1 aromatic rings. The molecule has 3 N–H and O–H groups in total. The van der Waals surface area contributed by atoms with E-state index in [2.05, 4.69) is 24.5 Å². The van der Waals surface area contributed by atoms with E-state index in [1.165, 1.54) is 18.3 Å². The Morgan fingerprint density at radius 1 is 1.35 bits per heavy atom. The van der Waals surface area contributed by atoms with Crippen LogP contribution >= 0.6 is 11.3 Å². The molecule has 1 rings (SSSR count). The minimum atomic E-state index is -0.149. The lowest BCUT2D eigenvalue weighted by Crippen LogP contribution is -2.33. The highest BCUT2D eigenvalue weighted by Gasteiger charge is 2.19. The number of aliphatic hydroxyl groups is 1. The van der Waals surface area contributed by atoms with Gasteiger partial charge in [0.1, 0.15) is 0 Å². The highest BCUT2D eigenvalue weighted by Crippen LogP contribution is 2.23. The van der Waals surface area contributed by atoms with Crippen LogP contribution in [0.3, 0.4) is 0 Å². The molecular weight excluding hydrogens is 276 g/mol. The Balaban J connectivity index is 2.50. The fourth-order valence-corrected chi connectivity index (χ4v) is 2.62. The van der Waals surface area contributed by atoms with E-state index in [1.807, 2.05) is 0 Å². The van der Waals surface area contributed by atoms with Crippen molar-refractivity contribution in [2.75, 3.05) is 18.5 Å². The predicted molar refractivity (Wildman–Crippen MR) is 81.1 cm³/mol. The Morgan fingerprint density at radius 2 is 2.05 bits per heavy atom. The average Bonchev–Trinajstić information content (AvgIpc) is 2.81.